The minimum atomic E-state index is -4.41. The summed E-state index contributed by atoms with van der Waals surface area (Å²) in [7, 11) is -4.47. The van der Waals surface area contributed by atoms with Gasteiger partial charge in [0.2, 0.25) is 10.0 Å². The average molecular weight is 708 g/mol. The van der Waals surface area contributed by atoms with E-state index in [2.05, 4.69) is 19.7 Å². The molecule has 0 saturated carbocycles. The number of sulfonamides is 1. The van der Waals surface area contributed by atoms with Crippen LogP contribution in [0.3, 0.4) is 0 Å². The SMILES string of the molecule is CN(C)S(=O)(=O)Nc1cccc2c(OC(=O)c3ccccc3)c(S(=O)(=O)NC(C)(C)C)cc(N=Nc3ccc(S(=O)(=O)Cl)cc3)c12. The zero-order chi connectivity index (χ0) is 34.1. The molecular formula is C29H30ClN5O8S3. The molecule has 0 spiro atoms. The Balaban J connectivity index is 2.04. The minimum Gasteiger partial charge on any atom is -0.421 e. The van der Waals surface area contributed by atoms with E-state index < -0.39 is 45.7 Å². The fourth-order valence-corrected chi connectivity index (χ4v) is 7.06. The van der Waals surface area contributed by atoms with Crippen molar-refractivity contribution in [3.63, 3.8) is 0 Å². The van der Waals surface area contributed by atoms with Crippen LogP contribution in [0.4, 0.5) is 17.1 Å². The summed E-state index contributed by atoms with van der Waals surface area (Å²) >= 11 is 0. The molecule has 0 unspecified atom stereocenters. The summed E-state index contributed by atoms with van der Waals surface area (Å²) in [5.74, 6) is -1.24. The van der Waals surface area contributed by atoms with Crippen molar-refractivity contribution in [2.24, 2.45) is 10.2 Å². The maximum absolute atomic E-state index is 13.8. The number of anilines is 1. The predicted molar refractivity (Wildman–Crippen MR) is 175 cm³/mol. The third kappa shape index (κ3) is 8.26. The van der Waals surface area contributed by atoms with E-state index in [-0.39, 0.29) is 44.0 Å². The number of halogens is 1. The van der Waals surface area contributed by atoms with Gasteiger partial charge >= 0.3 is 16.2 Å². The molecule has 0 aromatic heterocycles. The molecular weight excluding hydrogens is 678 g/mol. The molecule has 13 nitrogen and oxygen atoms in total. The molecule has 0 fully saturated rings. The van der Waals surface area contributed by atoms with Crippen LogP contribution in [0.1, 0.15) is 31.1 Å². The van der Waals surface area contributed by atoms with E-state index in [1.807, 2.05) is 0 Å². The topological polar surface area (TPSA) is 181 Å². The Hall–Kier alpha value is -3.93. The van der Waals surface area contributed by atoms with E-state index in [1.54, 1.807) is 39.0 Å². The van der Waals surface area contributed by atoms with Crippen molar-refractivity contribution in [3.8, 4) is 5.75 Å². The van der Waals surface area contributed by atoms with E-state index in [0.29, 0.717) is 0 Å². The fraction of sp³-hybridized carbons (Fsp3) is 0.207. The largest absolute Gasteiger partial charge is 0.421 e. The molecule has 0 aliphatic heterocycles. The molecule has 17 heteroatoms. The Morgan fingerprint density at radius 3 is 2.04 bits per heavy atom. The normalized spacial score (nSPS) is 12.9. The molecule has 0 atom stereocenters. The van der Waals surface area contributed by atoms with Gasteiger partial charge in [-0.1, -0.05) is 30.3 Å². The number of rotatable bonds is 10. The average Bonchev–Trinajstić information content (AvgIpc) is 2.95. The Bertz CT molecular complexity index is 2150. The number of nitrogens with one attached hydrogen (secondary N) is 2. The van der Waals surface area contributed by atoms with E-state index >= 15 is 0 Å². The first-order chi connectivity index (χ1) is 21.3. The molecule has 0 amide bonds. The highest BCUT2D eigenvalue weighted by atomic mass is 35.7. The van der Waals surface area contributed by atoms with Crippen molar-refractivity contribution in [2.45, 2.75) is 36.1 Å². The molecule has 244 valence electrons. The van der Waals surface area contributed by atoms with Crippen molar-refractivity contribution >= 4 is 73.8 Å². The van der Waals surface area contributed by atoms with Crippen molar-refractivity contribution in [1.29, 1.82) is 0 Å². The first-order valence-electron chi connectivity index (χ1n) is 13.4. The number of nitrogens with zero attached hydrogens (tertiary/aromatic N) is 3. The third-order valence-corrected chi connectivity index (χ3v) is 10.7. The Morgan fingerprint density at radius 1 is 0.848 bits per heavy atom. The summed E-state index contributed by atoms with van der Waals surface area (Å²) in [6.45, 7) is 4.88. The van der Waals surface area contributed by atoms with Gasteiger partial charge in [0.15, 0.2) is 5.75 Å². The van der Waals surface area contributed by atoms with Gasteiger partial charge in [-0.2, -0.15) is 17.8 Å². The lowest BCUT2D eigenvalue weighted by molar-refractivity contribution is 0.0732. The van der Waals surface area contributed by atoms with Gasteiger partial charge in [-0.15, -0.1) is 5.11 Å². The van der Waals surface area contributed by atoms with Crippen LogP contribution in [0.15, 0.2) is 98.9 Å². The molecule has 2 N–H and O–H groups in total. The third-order valence-electron chi connectivity index (χ3n) is 6.10. The van der Waals surface area contributed by atoms with Crippen LogP contribution < -0.4 is 14.2 Å². The van der Waals surface area contributed by atoms with Crippen molar-refractivity contribution in [1.82, 2.24) is 9.03 Å². The maximum atomic E-state index is 13.8. The second-order valence-electron chi connectivity index (χ2n) is 11.1. The predicted octanol–water partition coefficient (Wildman–Crippen LogP) is 5.70. The van der Waals surface area contributed by atoms with Crippen molar-refractivity contribution in [2.75, 3.05) is 18.8 Å². The molecule has 46 heavy (non-hydrogen) atoms. The van der Waals surface area contributed by atoms with Gasteiger partial charge in [-0.3, -0.25) is 4.72 Å². The van der Waals surface area contributed by atoms with Gasteiger partial charge in [0.25, 0.3) is 9.05 Å². The first kappa shape index (κ1) is 34.9. The zero-order valence-electron chi connectivity index (χ0n) is 25.2. The molecule has 0 aliphatic rings. The van der Waals surface area contributed by atoms with Crippen LogP contribution in [-0.2, 0) is 29.3 Å². The van der Waals surface area contributed by atoms with Crippen LogP contribution in [0.5, 0.6) is 5.75 Å². The number of carbonyl (C=O) groups excluding carboxylic acids is 1. The van der Waals surface area contributed by atoms with Crippen LogP contribution in [0, 0.1) is 0 Å². The van der Waals surface area contributed by atoms with Gasteiger partial charge in [0.05, 0.1) is 27.5 Å². The highest BCUT2D eigenvalue weighted by molar-refractivity contribution is 8.13. The highest BCUT2D eigenvalue weighted by Crippen LogP contribution is 2.44. The monoisotopic (exact) mass is 707 g/mol. The number of esters is 1. The van der Waals surface area contributed by atoms with Gasteiger partial charge in [-0.25, -0.2) is 26.4 Å². The molecule has 0 saturated heterocycles. The molecule has 4 aromatic carbocycles. The number of fused-ring (bicyclic) bond motifs is 1. The molecule has 4 rings (SSSR count). The van der Waals surface area contributed by atoms with Crippen LogP contribution in [0.2, 0.25) is 0 Å². The van der Waals surface area contributed by atoms with Crippen LogP contribution >= 0.6 is 10.7 Å². The van der Waals surface area contributed by atoms with Crippen LogP contribution in [-0.4, -0.2) is 55.2 Å². The molecule has 0 heterocycles. The number of carbonyl (C=O) groups is 1. The molecule has 0 aliphatic carbocycles. The lowest BCUT2D eigenvalue weighted by Crippen LogP contribution is -2.40. The number of hydrogen-bond acceptors (Lipinski definition) is 10. The van der Waals surface area contributed by atoms with Crippen molar-refractivity contribution < 1.29 is 34.8 Å². The zero-order valence-corrected chi connectivity index (χ0v) is 28.4. The first-order valence-corrected chi connectivity index (χ1v) is 18.6. The summed E-state index contributed by atoms with van der Waals surface area (Å²) in [5, 5.41) is 8.46. The Labute approximate surface area is 271 Å². The minimum absolute atomic E-state index is 0.0199. The summed E-state index contributed by atoms with van der Waals surface area (Å²) < 4.78 is 88.4. The number of ether oxygens (including phenoxy) is 1. The van der Waals surface area contributed by atoms with Crippen LogP contribution in [0.25, 0.3) is 10.8 Å². The second-order valence-corrected chi connectivity index (χ2v) is 17.2. The summed E-state index contributed by atoms with van der Waals surface area (Å²) in [6, 6.07) is 18.4. The number of benzene rings is 4. The molecule has 0 bridgehead atoms. The lowest BCUT2D eigenvalue weighted by atomic mass is 10.1. The standard InChI is InChI=1S/C29H30ClN5O8S3/c1-29(2,3)34-45(39,40)25-18-24(32-31-20-14-16-21(17-15-20)44(30,37)38)26-22(12-9-13-23(26)33-46(41,42)35(4)5)27(25)43-28(36)19-10-7-6-8-11-19/h6-18,33-34H,1-5H3. The van der Waals surface area contributed by atoms with E-state index in [1.165, 1.54) is 68.7 Å². The fourth-order valence-electron chi connectivity index (χ4n) is 4.08. The highest BCUT2D eigenvalue weighted by Gasteiger charge is 2.31. The Morgan fingerprint density at radius 2 is 1.48 bits per heavy atom. The van der Waals surface area contributed by atoms with Gasteiger partial charge in [0.1, 0.15) is 4.90 Å². The van der Waals surface area contributed by atoms with E-state index in [0.717, 1.165) is 10.4 Å². The Kier molecular flexibility index (Phi) is 9.91. The lowest BCUT2D eigenvalue weighted by Gasteiger charge is -2.23. The van der Waals surface area contributed by atoms with Gasteiger partial charge < -0.3 is 4.74 Å². The smallest absolute Gasteiger partial charge is 0.343 e. The number of azo groups is 1. The van der Waals surface area contributed by atoms with E-state index in [4.69, 9.17) is 15.4 Å². The summed E-state index contributed by atoms with van der Waals surface area (Å²) in [4.78, 5) is 12.6. The molecule has 0 radical (unpaired) electrons. The maximum Gasteiger partial charge on any atom is 0.343 e. The summed E-state index contributed by atoms with van der Waals surface area (Å²) in [5.41, 5.74) is -0.786. The number of hydrogen-bond donors (Lipinski definition) is 2. The quantitative estimate of drug-likeness (QED) is 0.0912. The summed E-state index contributed by atoms with van der Waals surface area (Å²) in [6.07, 6.45) is 0. The van der Waals surface area contributed by atoms with Crippen molar-refractivity contribution in [3.05, 3.63) is 84.4 Å². The van der Waals surface area contributed by atoms with Gasteiger partial charge in [-0.05, 0) is 69.3 Å². The second kappa shape index (κ2) is 13.1. The molecule has 4 aromatic rings. The van der Waals surface area contributed by atoms with Gasteiger partial charge in [0, 0.05) is 41.1 Å². The van der Waals surface area contributed by atoms with E-state index in [9.17, 15) is 30.0 Å².